The Morgan fingerprint density at radius 3 is 2.89 bits per heavy atom. The van der Waals surface area contributed by atoms with E-state index in [4.69, 9.17) is 10.8 Å². The average molecular weight is 369 g/mol. The van der Waals surface area contributed by atoms with E-state index in [-0.39, 0.29) is 5.95 Å². The number of pyridine rings is 1. The standard InChI is InChI=1S/C17H19N7O3/c18-16-20-4-1-10(22-16)9-7-21-15-14(9)12(2-5-19-15)24-6-3-11(13(25)8-24)23-17(26)27/h1-2,4-5,7,11,13,23,25H,3,6,8H2,(H,19,21)(H,26,27)(H2,18,20,22)/t11-,13-/m0/s1. The summed E-state index contributed by atoms with van der Waals surface area (Å²) >= 11 is 0. The number of anilines is 2. The molecule has 10 nitrogen and oxygen atoms in total. The molecule has 4 rings (SSSR count). The van der Waals surface area contributed by atoms with Crippen molar-refractivity contribution >= 4 is 28.8 Å². The van der Waals surface area contributed by atoms with E-state index >= 15 is 0 Å². The van der Waals surface area contributed by atoms with Gasteiger partial charge in [0.1, 0.15) is 5.65 Å². The number of piperidine rings is 1. The van der Waals surface area contributed by atoms with E-state index in [1.54, 1.807) is 18.5 Å². The highest BCUT2D eigenvalue weighted by Crippen LogP contribution is 2.35. The maximum atomic E-state index is 10.9. The highest BCUT2D eigenvalue weighted by Gasteiger charge is 2.30. The van der Waals surface area contributed by atoms with Gasteiger partial charge in [-0.2, -0.15) is 0 Å². The Morgan fingerprint density at radius 1 is 1.33 bits per heavy atom. The molecule has 27 heavy (non-hydrogen) atoms. The van der Waals surface area contributed by atoms with E-state index in [1.165, 1.54) is 0 Å². The molecule has 10 heteroatoms. The molecule has 2 atom stereocenters. The summed E-state index contributed by atoms with van der Waals surface area (Å²) in [6, 6.07) is 3.17. The maximum Gasteiger partial charge on any atom is 0.404 e. The zero-order valence-electron chi connectivity index (χ0n) is 14.3. The number of aromatic amines is 1. The predicted octanol–water partition coefficient (Wildman–Crippen LogP) is 0.809. The Balaban J connectivity index is 1.71. The number of aromatic nitrogens is 4. The number of carbonyl (C=O) groups is 1. The summed E-state index contributed by atoms with van der Waals surface area (Å²) in [4.78, 5) is 28.6. The zero-order chi connectivity index (χ0) is 19.0. The summed E-state index contributed by atoms with van der Waals surface area (Å²) in [5, 5.41) is 22.5. The molecule has 1 aliphatic rings. The summed E-state index contributed by atoms with van der Waals surface area (Å²) in [6.07, 6.45) is 3.66. The Labute approximate surface area is 154 Å². The van der Waals surface area contributed by atoms with Crippen molar-refractivity contribution in [3.05, 3.63) is 30.7 Å². The lowest BCUT2D eigenvalue weighted by atomic mass is 10.0. The monoisotopic (exact) mass is 369 g/mol. The number of nitrogens with zero attached hydrogens (tertiary/aromatic N) is 4. The highest BCUT2D eigenvalue weighted by molar-refractivity contribution is 6.02. The van der Waals surface area contributed by atoms with Gasteiger partial charge in [-0.25, -0.2) is 19.7 Å². The molecule has 1 fully saturated rings. The first-order valence-corrected chi connectivity index (χ1v) is 8.50. The number of nitrogen functional groups attached to an aromatic ring is 1. The van der Waals surface area contributed by atoms with Gasteiger partial charge in [0.15, 0.2) is 0 Å². The summed E-state index contributed by atoms with van der Waals surface area (Å²) in [6.45, 7) is 0.901. The number of rotatable bonds is 3. The number of nitrogens with one attached hydrogen (secondary N) is 2. The van der Waals surface area contributed by atoms with Gasteiger partial charge in [0.2, 0.25) is 5.95 Å². The van der Waals surface area contributed by atoms with Crippen LogP contribution in [0.3, 0.4) is 0 Å². The van der Waals surface area contributed by atoms with Crippen molar-refractivity contribution in [3.63, 3.8) is 0 Å². The van der Waals surface area contributed by atoms with Gasteiger partial charge in [-0.3, -0.25) is 0 Å². The van der Waals surface area contributed by atoms with Gasteiger partial charge < -0.3 is 31.1 Å². The molecule has 140 valence electrons. The molecule has 1 saturated heterocycles. The average Bonchev–Trinajstić information content (AvgIpc) is 3.07. The van der Waals surface area contributed by atoms with E-state index in [0.29, 0.717) is 30.9 Å². The van der Waals surface area contributed by atoms with E-state index in [2.05, 4.69) is 25.3 Å². The number of hydrogen-bond donors (Lipinski definition) is 5. The fraction of sp³-hybridized carbons (Fsp3) is 0.294. The third-order valence-corrected chi connectivity index (χ3v) is 4.73. The van der Waals surface area contributed by atoms with Gasteiger partial charge in [-0.1, -0.05) is 0 Å². The van der Waals surface area contributed by atoms with Crippen molar-refractivity contribution in [2.75, 3.05) is 23.7 Å². The Hall–Kier alpha value is -3.40. The van der Waals surface area contributed by atoms with Crippen molar-refractivity contribution in [1.29, 1.82) is 0 Å². The van der Waals surface area contributed by atoms with Gasteiger partial charge in [-0.15, -0.1) is 0 Å². The molecule has 0 aromatic carbocycles. The van der Waals surface area contributed by atoms with Crippen LogP contribution in [0, 0.1) is 0 Å². The van der Waals surface area contributed by atoms with Gasteiger partial charge in [-0.05, 0) is 18.6 Å². The Kier molecular flexibility index (Phi) is 4.24. The molecule has 0 aliphatic carbocycles. The molecule has 1 aliphatic heterocycles. The summed E-state index contributed by atoms with van der Waals surface area (Å²) in [5.41, 5.74) is 8.81. The molecule has 6 N–H and O–H groups in total. The second kappa shape index (κ2) is 6.72. The number of hydrogen-bond acceptors (Lipinski definition) is 7. The normalized spacial score (nSPS) is 20.0. The van der Waals surface area contributed by atoms with Crippen molar-refractivity contribution in [1.82, 2.24) is 25.3 Å². The lowest BCUT2D eigenvalue weighted by Crippen LogP contribution is -2.54. The van der Waals surface area contributed by atoms with E-state index in [1.807, 2.05) is 17.2 Å². The first-order valence-electron chi connectivity index (χ1n) is 8.50. The van der Waals surface area contributed by atoms with Crippen LogP contribution >= 0.6 is 0 Å². The van der Waals surface area contributed by atoms with Crippen molar-refractivity contribution in [2.45, 2.75) is 18.6 Å². The number of fused-ring (bicyclic) bond motifs is 1. The number of nitrogens with two attached hydrogens (primary N) is 1. The molecule has 0 radical (unpaired) electrons. The molecule has 3 aromatic rings. The topological polar surface area (TPSA) is 153 Å². The zero-order valence-corrected chi connectivity index (χ0v) is 14.3. The Bertz CT molecular complexity index is 990. The van der Waals surface area contributed by atoms with Crippen LogP contribution in [-0.2, 0) is 0 Å². The van der Waals surface area contributed by atoms with Crippen LogP contribution in [0.15, 0.2) is 30.7 Å². The van der Waals surface area contributed by atoms with Gasteiger partial charge >= 0.3 is 6.09 Å². The molecule has 0 unspecified atom stereocenters. The first kappa shape index (κ1) is 17.0. The fourth-order valence-corrected chi connectivity index (χ4v) is 3.51. The molecule has 0 bridgehead atoms. The number of aliphatic hydroxyl groups is 1. The third kappa shape index (κ3) is 3.22. The van der Waals surface area contributed by atoms with Crippen molar-refractivity contribution in [2.24, 2.45) is 0 Å². The lowest BCUT2D eigenvalue weighted by Gasteiger charge is -2.37. The van der Waals surface area contributed by atoms with Crippen LogP contribution in [0.25, 0.3) is 22.3 Å². The fourth-order valence-electron chi connectivity index (χ4n) is 3.51. The van der Waals surface area contributed by atoms with Crippen LogP contribution in [-0.4, -0.2) is 61.5 Å². The van der Waals surface area contributed by atoms with Crippen LogP contribution in [0.1, 0.15) is 6.42 Å². The van der Waals surface area contributed by atoms with Crippen LogP contribution < -0.4 is 16.0 Å². The maximum absolute atomic E-state index is 10.9. The van der Waals surface area contributed by atoms with Crippen LogP contribution in [0.5, 0.6) is 0 Å². The predicted molar refractivity (Wildman–Crippen MR) is 99.3 cm³/mol. The van der Waals surface area contributed by atoms with Crippen molar-refractivity contribution < 1.29 is 15.0 Å². The lowest BCUT2D eigenvalue weighted by molar-refractivity contribution is 0.108. The SMILES string of the molecule is Nc1nccc(-c2c[nH]c3nccc(N4CC[C@H](NC(=O)O)[C@@H](O)C4)c23)n1. The second-order valence-electron chi connectivity index (χ2n) is 6.41. The summed E-state index contributed by atoms with van der Waals surface area (Å²) in [5.74, 6) is 0.184. The molecular formula is C17H19N7O3. The number of amides is 1. The van der Waals surface area contributed by atoms with E-state index in [0.717, 1.165) is 16.6 Å². The van der Waals surface area contributed by atoms with Gasteiger partial charge in [0, 0.05) is 37.2 Å². The van der Waals surface area contributed by atoms with Gasteiger partial charge in [0.25, 0.3) is 0 Å². The van der Waals surface area contributed by atoms with Crippen LogP contribution in [0.2, 0.25) is 0 Å². The van der Waals surface area contributed by atoms with Crippen molar-refractivity contribution in [3.8, 4) is 11.3 Å². The largest absolute Gasteiger partial charge is 0.465 e. The highest BCUT2D eigenvalue weighted by atomic mass is 16.4. The summed E-state index contributed by atoms with van der Waals surface area (Å²) in [7, 11) is 0. The molecule has 0 saturated carbocycles. The minimum atomic E-state index is -1.13. The molecular weight excluding hydrogens is 350 g/mol. The Morgan fingerprint density at radius 2 is 2.15 bits per heavy atom. The van der Waals surface area contributed by atoms with E-state index in [9.17, 15) is 9.90 Å². The number of H-pyrrole nitrogens is 1. The number of β-amino-alcohol motifs (C(OH)–C–C–N with tert-alkyl or cyclic N) is 1. The minimum Gasteiger partial charge on any atom is -0.465 e. The van der Waals surface area contributed by atoms with Crippen LogP contribution in [0.4, 0.5) is 16.4 Å². The number of aliphatic hydroxyl groups excluding tert-OH is 1. The minimum absolute atomic E-state index is 0.184. The molecule has 1 amide bonds. The van der Waals surface area contributed by atoms with E-state index < -0.39 is 18.2 Å². The molecule has 0 spiro atoms. The molecule has 3 aromatic heterocycles. The second-order valence-corrected chi connectivity index (χ2v) is 6.41. The third-order valence-electron chi connectivity index (χ3n) is 4.73. The quantitative estimate of drug-likeness (QED) is 0.454. The van der Waals surface area contributed by atoms with Gasteiger partial charge in [0.05, 0.1) is 28.9 Å². The summed E-state index contributed by atoms with van der Waals surface area (Å²) < 4.78 is 0. The number of carboxylic acid groups (broad SMARTS) is 1. The first-order chi connectivity index (χ1) is 13.0. The molecule has 4 heterocycles. The smallest absolute Gasteiger partial charge is 0.404 e.